The molecule has 0 atom stereocenters. The molecule has 0 spiro atoms. The minimum Gasteiger partial charge on any atom is -0.321 e. The van der Waals surface area contributed by atoms with Gasteiger partial charge in [-0.25, -0.2) is 0 Å². The van der Waals surface area contributed by atoms with E-state index in [0.717, 1.165) is 5.69 Å². The summed E-state index contributed by atoms with van der Waals surface area (Å²) < 4.78 is 0. The molecule has 0 aliphatic carbocycles. The van der Waals surface area contributed by atoms with Crippen LogP contribution in [0.2, 0.25) is 5.02 Å². The van der Waals surface area contributed by atoms with Crippen LogP contribution in [-0.4, -0.2) is 16.1 Å². The van der Waals surface area contributed by atoms with Crippen LogP contribution in [0.25, 0.3) is 0 Å². The van der Waals surface area contributed by atoms with Gasteiger partial charge in [0.1, 0.15) is 0 Å². The van der Waals surface area contributed by atoms with Crippen LogP contribution >= 0.6 is 11.6 Å². The Bertz CT molecular complexity index is 540. The number of nitrogens with one attached hydrogen (secondary N) is 1. The van der Waals surface area contributed by atoms with Crippen molar-refractivity contribution in [2.75, 3.05) is 5.32 Å². The standard InChI is InChI=1S/C12H10ClN3O/c1-8-5-6-11(16-15-8)12(17)14-10-4-2-3-9(13)7-10/h2-7H,1H3,(H,14,17). The van der Waals surface area contributed by atoms with Crippen molar-refractivity contribution >= 4 is 23.2 Å². The lowest BCUT2D eigenvalue weighted by atomic mass is 10.3. The van der Waals surface area contributed by atoms with Crippen molar-refractivity contribution in [1.29, 1.82) is 0 Å². The summed E-state index contributed by atoms with van der Waals surface area (Å²) in [5, 5.41) is 10.9. The highest BCUT2D eigenvalue weighted by Crippen LogP contribution is 2.15. The molecular weight excluding hydrogens is 238 g/mol. The highest BCUT2D eigenvalue weighted by Gasteiger charge is 2.07. The molecule has 1 amide bonds. The number of anilines is 1. The normalized spacial score (nSPS) is 10.0. The van der Waals surface area contributed by atoms with E-state index in [9.17, 15) is 4.79 Å². The smallest absolute Gasteiger partial charge is 0.276 e. The van der Waals surface area contributed by atoms with Gasteiger partial charge in [-0.1, -0.05) is 17.7 Å². The van der Waals surface area contributed by atoms with Gasteiger partial charge in [-0.05, 0) is 37.3 Å². The Hall–Kier alpha value is -1.94. The summed E-state index contributed by atoms with van der Waals surface area (Å²) in [4.78, 5) is 11.8. The zero-order valence-corrected chi connectivity index (χ0v) is 9.90. The summed E-state index contributed by atoms with van der Waals surface area (Å²) in [7, 11) is 0. The fourth-order valence-electron chi connectivity index (χ4n) is 1.28. The number of amides is 1. The van der Waals surface area contributed by atoms with Crippen molar-refractivity contribution in [3.8, 4) is 0 Å². The third-order valence-corrected chi connectivity index (χ3v) is 2.35. The molecular formula is C12H10ClN3O. The predicted octanol–water partition coefficient (Wildman–Crippen LogP) is 2.69. The van der Waals surface area contributed by atoms with Crippen LogP contribution < -0.4 is 5.32 Å². The van der Waals surface area contributed by atoms with E-state index in [0.29, 0.717) is 10.7 Å². The molecule has 1 aromatic heterocycles. The second-order valence-corrected chi connectivity index (χ2v) is 3.96. The molecule has 0 aliphatic heterocycles. The van der Waals surface area contributed by atoms with Crippen LogP contribution in [0, 0.1) is 6.92 Å². The van der Waals surface area contributed by atoms with Gasteiger partial charge >= 0.3 is 0 Å². The van der Waals surface area contributed by atoms with Crippen molar-refractivity contribution in [3.63, 3.8) is 0 Å². The molecule has 1 N–H and O–H groups in total. The Kier molecular flexibility index (Phi) is 3.35. The molecule has 0 saturated heterocycles. The van der Waals surface area contributed by atoms with Crippen LogP contribution in [0.15, 0.2) is 36.4 Å². The molecule has 17 heavy (non-hydrogen) atoms. The van der Waals surface area contributed by atoms with E-state index >= 15 is 0 Å². The van der Waals surface area contributed by atoms with Crippen molar-refractivity contribution < 1.29 is 4.79 Å². The van der Waals surface area contributed by atoms with E-state index < -0.39 is 0 Å². The summed E-state index contributed by atoms with van der Waals surface area (Å²) in [6, 6.07) is 10.3. The van der Waals surface area contributed by atoms with Crippen LogP contribution in [-0.2, 0) is 0 Å². The van der Waals surface area contributed by atoms with Crippen molar-refractivity contribution in [1.82, 2.24) is 10.2 Å². The molecule has 5 heteroatoms. The summed E-state index contributed by atoms with van der Waals surface area (Å²) >= 11 is 5.82. The molecule has 0 saturated carbocycles. The first-order chi connectivity index (χ1) is 8.15. The van der Waals surface area contributed by atoms with Gasteiger partial charge in [0.25, 0.3) is 5.91 Å². The van der Waals surface area contributed by atoms with E-state index in [4.69, 9.17) is 11.6 Å². The van der Waals surface area contributed by atoms with E-state index in [1.54, 1.807) is 36.4 Å². The highest BCUT2D eigenvalue weighted by molar-refractivity contribution is 6.30. The Morgan fingerprint density at radius 3 is 2.71 bits per heavy atom. The van der Waals surface area contributed by atoms with E-state index in [1.807, 2.05) is 6.92 Å². The first-order valence-corrected chi connectivity index (χ1v) is 5.40. The van der Waals surface area contributed by atoms with Crippen LogP contribution in [0.1, 0.15) is 16.2 Å². The molecule has 1 heterocycles. The number of halogens is 1. The lowest BCUT2D eigenvalue weighted by Crippen LogP contribution is -2.14. The van der Waals surface area contributed by atoms with Crippen LogP contribution in [0.4, 0.5) is 5.69 Å². The molecule has 0 bridgehead atoms. The number of nitrogens with zero attached hydrogens (tertiary/aromatic N) is 2. The summed E-state index contributed by atoms with van der Waals surface area (Å²) in [6.45, 7) is 1.81. The Balaban J connectivity index is 2.14. The maximum absolute atomic E-state index is 11.8. The predicted molar refractivity (Wildman–Crippen MR) is 66.2 cm³/mol. The fourth-order valence-corrected chi connectivity index (χ4v) is 1.47. The first-order valence-electron chi connectivity index (χ1n) is 5.02. The van der Waals surface area contributed by atoms with Gasteiger partial charge in [0.2, 0.25) is 0 Å². The number of benzene rings is 1. The molecule has 0 aliphatic rings. The van der Waals surface area contributed by atoms with Gasteiger partial charge in [0, 0.05) is 10.7 Å². The fraction of sp³-hybridized carbons (Fsp3) is 0.0833. The number of carbonyl (C=O) groups excluding carboxylic acids is 1. The van der Waals surface area contributed by atoms with E-state index in [2.05, 4.69) is 15.5 Å². The Morgan fingerprint density at radius 1 is 1.24 bits per heavy atom. The van der Waals surface area contributed by atoms with Gasteiger partial charge < -0.3 is 5.32 Å². The van der Waals surface area contributed by atoms with E-state index in [1.165, 1.54) is 0 Å². The topological polar surface area (TPSA) is 54.9 Å². The number of carbonyl (C=O) groups is 1. The maximum Gasteiger partial charge on any atom is 0.276 e. The second kappa shape index (κ2) is 4.93. The monoisotopic (exact) mass is 247 g/mol. The van der Waals surface area contributed by atoms with Crippen molar-refractivity contribution in [2.24, 2.45) is 0 Å². The third kappa shape index (κ3) is 3.01. The maximum atomic E-state index is 11.8. The molecule has 0 unspecified atom stereocenters. The van der Waals surface area contributed by atoms with Gasteiger partial charge in [-0.15, -0.1) is 5.10 Å². The van der Waals surface area contributed by atoms with Crippen LogP contribution in [0.3, 0.4) is 0 Å². The molecule has 1 aromatic carbocycles. The average molecular weight is 248 g/mol. The average Bonchev–Trinajstić information content (AvgIpc) is 2.29. The summed E-state index contributed by atoms with van der Waals surface area (Å²) in [5.74, 6) is -0.306. The number of aryl methyl sites for hydroxylation is 1. The molecule has 0 fully saturated rings. The van der Waals surface area contributed by atoms with Gasteiger partial charge in [-0.2, -0.15) is 5.10 Å². The lowest BCUT2D eigenvalue weighted by Gasteiger charge is -2.04. The van der Waals surface area contributed by atoms with Crippen LogP contribution in [0.5, 0.6) is 0 Å². The molecule has 0 radical (unpaired) electrons. The molecule has 2 rings (SSSR count). The Labute approximate surface area is 104 Å². The summed E-state index contributed by atoms with van der Waals surface area (Å²) in [6.07, 6.45) is 0. The Morgan fingerprint density at radius 2 is 2.06 bits per heavy atom. The SMILES string of the molecule is Cc1ccc(C(=O)Nc2cccc(Cl)c2)nn1. The number of hydrogen-bond acceptors (Lipinski definition) is 3. The number of rotatable bonds is 2. The zero-order chi connectivity index (χ0) is 12.3. The second-order valence-electron chi connectivity index (χ2n) is 3.52. The van der Waals surface area contributed by atoms with Gasteiger partial charge in [0.15, 0.2) is 5.69 Å². The van der Waals surface area contributed by atoms with Crippen molar-refractivity contribution in [3.05, 3.63) is 52.8 Å². The van der Waals surface area contributed by atoms with Crippen molar-refractivity contribution in [2.45, 2.75) is 6.92 Å². The van der Waals surface area contributed by atoms with Gasteiger partial charge in [0.05, 0.1) is 5.69 Å². The molecule has 2 aromatic rings. The van der Waals surface area contributed by atoms with Gasteiger partial charge in [-0.3, -0.25) is 4.79 Å². The quantitative estimate of drug-likeness (QED) is 0.888. The minimum absolute atomic E-state index is 0.274. The molecule has 4 nitrogen and oxygen atoms in total. The highest BCUT2D eigenvalue weighted by atomic mass is 35.5. The number of hydrogen-bond donors (Lipinski definition) is 1. The minimum atomic E-state index is -0.306. The largest absolute Gasteiger partial charge is 0.321 e. The van der Waals surface area contributed by atoms with E-state index in [-0.39, 0.29) is 11.6 Å². The lowest BCUT2D eigenvalue weighted by molar-refractivity contribution is 0.102. The first kappa shape index (κ1) is 11.5. The number of aromatic nitrogens is 2. The third-order valence-electron chi connectivity index (χ3n) is 2.11. The zero-order valence-electron chi connectivity index (χ0n) is 9.14. The molecule has 86 valence electrons. The summed E-state index contributed by atoms with van der Waals surface area (Å²) in [5.41, 5.74) is 1.67.